The minimum Gasteiger partial charge on any atom is -0.477 e. The molecule has 0 spiro atoms. The molecule has 3 atom stereocenters. The van der Waals surface area contributed by atoms with Gasteiger partial charge in [0, 0.05) is 6.54 Å². The van der Waals surface area contributed by atoms with Gasteiger partial charge >= 0.3 is 5.97 Å². The van der Waals surface area contributed by atoms with E-state index in [2.05, 4.69) is 11.8 Å². The second-order valence-corrected chi connectivity index (χ2v) is 6.90. The van der Waals surface area contributed by atoms with E-state index in [1.165, 1.54) is 17.8 Å². The molecule has 0 bridgehead atoms. The van der Waals surface area contributed by atoms with Crippen LogP contribution in [-0.2, 0) is 4.74 Å². The molecule has 1 aliphatic carbocycles. The van der Waals surface area contributed by atoms with Crippen molar-refractivity contribution < 1.29 is 14.6 Å². The predicted octanol–water partition coefficient (Wildman–Crippen LogP) is 3.11. The number of aromatic carboxylic acids is 1. The molecule has 1 saturated carbocycles. The number of nitrogens with zero attached hydrogens (tertiary/aromatic N) is 2. The van der Waals surface area contributed by atoms with Crippen LogP contribution in [0, 0.1) is 0 Å². The predicted molar refractivity (Wildman–Crippen MR) is 82.5 cm³/mol. The lowest BCUT2D eigenvalue weighted by Gasteiger charge is -2.37. The van der Waals surface area contributed by atoms with Gasteiger partial charge in [-0.25, -0.2) is 9.78 Å². The van der Waals surface area contributed by atoms with Gasteiger partial charge < -0.3 is 14.7 Å². The SMILES string of the molecule is CCC(C)c1nc(N2CCOC3CCCC32)sc1C(=O)O. The van der Waals surface area contributed by atoms with E-state index in [0.717, 1.165) is 36.6 Å². The van der Waals surface area contributed by atoms with Crippen molar-refractivity contribution in [1.29, 1.82) is 0 Å². The number of carboxylic acid groups (broad SMARTS) is 1. The average molecular weight is 310 g/mol. The van der Waals surface area contributed by atoms with E-state index in [1.54, 1.807) is 0 Å². The normalized spacial score (nSPS) is 26.7. The smallest absolute Gasteiger partial charge is 0.347 e. The molecule has 2 aliphatic rings. The molecule has 2 heterocycles. The molecule has 3 rings (SSSR count). The van der Waals surface area contributed by atoms with Crippen LogP contribution < -0.4 is 4.90 Å². The van der Waals surface area contributed by atoms with Crippen molar-refractivity contribution in [2.24, 2.45) is 0 Å². The van der Waals surface area contributed by atoms with E-state index in [1.807, 2.05) is 6.92 Å². The summed E-state index contributed by atoms with van der Waals surface area (Å²) < 4.78 is 5.83. The van der Waals surface area contributed by atoms with Gasteiger partial charge in [-0.15, -0.1) is 0 Å². The molecule has 1 aromatic rings. The highest BCUT2D eigenvalue weighted by molar-refractivity contribution is 7.17. The third-order valence-electron chi connectivity index (χ3n) is 4.64. The van der Waals surface area contributed by atoms with Crippen molar-refractivity contribution in [1.82, 2.24) is 4.98 Å². The van der Waals surface area contributed by atoms with Crippen molar-refractivity contribution in [3.05, 3.63) is 10.6 Å². The van der Waals surface area contributed by atoms with Crippen LogP contribution in [0.5, 0.6) is 0 Å². The first-order valence-electron chi connectivity index (χ1n) is 7.74. The molecule has 0 aromatic carbocycles. The molecule has 0 amide bonds. The van der Waals surface area contributed by atoms with Crippen molar-refractivity contribution in [2.75, 3.05) is 18.1 Å². The summed E-state index contributed by atoms with van der Waals surface area (Å²) in [5, 5.41) is 10.3. The number of aromatic nitrogens is 1. The van der Waals surface area contributed by atoms with Crippen molar-refractivity contribution in [3.8, 4) is 0 Å². The van der Waals surface area contributed by atoms with Crippen molar-refractivity contribution in [3.63, 3.8) is 0 Å². The Balaban J connectivity index is 1.93. The van der Waals surface area contributed by atoms with Gasteiger partial charge in [0.25, 0.3) is 0 Å². The van der Waals surface area contributed by atoms with E-state index in [9.17, 15) is 9.90 Å². The van der Waals surface area contributed by atoms with Crippen molar-refractivity contribution >= 4 is 22.4 Å². The Labute approximate surface area is 128 Å². The highest BCUT2D eigenvalue weighted by atomic mass is 32.1. The molecule has 6 heteroatoms. The number of hydrogen-bond donors (Lipinski definition) is 1. The van der Waals surface area contributed by atoms with Gasteiger partial charge in [0.05, 0.1) is 24.4 Å². The van der Waals surface area contributed by atoms with E-state index in [-0.39, 0.29) is 5.92 Å². The maximum atomic E-state index is 11.5. The number of hydrogen-bond acceptors (Lipinski definition) is 5. The first-order chi connectivity index (χ1) is 10.1. The highest BCUT2D eigenvalue weighted by Gasteiger charge is 2.38. The summed E-state index contributed by atoms with van der Waals surface area (Å²) in [6.45, 7) is 5.63. The molecule has 1 aliphatic heterocycles. The third-order valence-corrected chi connectivity index (χ3v) is 5.74. The van der Waals surface area contributed by atoms with Gasteiger partial charge in [-0.1, -0.05) is 25.2 Å². The van der Waals surface area contributed by atoms with Crippen LogP contribution in [0.2, 0.25) is 0 Å². The third kappa shape index (κ3) is 2.66. The molecule has 1 aromatic heterocycles. The number of anilines is 1. The van der Waals surface area contributed by atoms with Gasteiger partial charge in [0.1, 0.15) is 4.88 Å². The number of carboxylic acids is 1. The summed E-state index contributed by atoms with van der Waals surface area (Å²) in [5.74, 6) is -0.674. The largest absolute Gasteiger partial charge is 0.477 e. The van der Waals surface area contributed by atoms with Gasteiger partial charge in [-0.05, 0) is 31.6 Å². The summed E-state index contributed by atoms with van der Waals surface area (Å²) >= 11 is 1.33. The van der Waals surface area contributed by atoms with Gasteiger partial charge in [-0.2, -0.15) is 0 Å². The van der Waals surface area contributed by atoms with Crippen molar-refractivity contribution in [2.45, 2.75) is 57.6 Å². The molecule has 5 nitrogen and oxygen atoms in total. The summed E-state index contributed by atoms with van der Waals surface area (Å²) in [4.78, 5) is 18.9. The number of fused-ring (bicyclic) bond motifs is 1. The molecule has 116 valence electrons. The fraction of sp³-hybridized carbons (Fsp3) is 0.733. The van der Waals surface area contributed by atoms with Gasteiger partial charge in [0.15, 0.2) is 5.13 Å². The number of thiazole rings is 1. The first kappa shape index (κ1) is 14.8. The Hall–Kier alpha value is -1.14. The Morgan fingerprint density at radius 1 is 1.57 bits per heavy atom. The molecular formula is C15H22N2O3S. The second-order valence-electron chi connectivity index (χ2n) is 5.93. The lowest BCUT2D eigenvalue weighted by molar-refractivity contribution is 0.0256. The Bertz CT molecular complexity index is 531. The maximum absolute atomic E-state index is 11.5. The fourth-order valence-corrected chi connectivity index (χ4v) is 4.40. The summed E-state index contributed by atoms with van der Waals surface area (Å²) in [5.41, 5.74) is 0.742. The Morgan fingerprint density at radius 3 is 3.10 bits per heavy atom. The summed E-state index contributed by atoms with van der Waals surface area (Å²) in [6.07, 6.45) is 4.60. The van der Waals surface area contributed by atoms with Crippen LogP contribution in [0.1, 0.15) is 60.8 Å². The van der Waals surface area contributed by atoms with E-state index in [0.29, 0.717) is 23.6 Å². The fourth-order valence-electron chi connectivity index (χ4n) is 3.29. The molecular weight excluding hydrogens is 288 g/mol. The minimum absolute atomic E-state index is 0.182. The van der Waals surface area contributed by atoms with E-state index < -0.39 is 5.97 Å². The van der Waals surface area contributed by atoms with Crippen LogP contribution in [0.3, 0.4) is 0 Å². The monoisotopic (exact) mass is 310 g/mol. The average Bonchev–Trinajstić information content (AvgIpc) is 3.12. The van der Waals surface area contributed by atoms with E-state index >= 15 is 0 Å². The standard InChI is InChI=1S/C15H22N2O3S/c1-3-9(2)12-13(14(18)19)21-15(16-12)17-7-8-20-11-6-4-5-10(11)17/h9-11H,3-8H2,1-2H3,(H,18,19). The summed E-state index contributed by atoms with van der Waals surface area (Å²) in [7, 11) is 0. The molecule has 2 fully saturated rings. The molecule has 1 N–H and O–H groups in total. The van der Waals surface area contributed by atoms with Gasteiger partial charge in [0.2, 0.25) is 0 Å². The number of morpholine rings is 1. The Morgan fingerprint density at radius 2 is 2.38 bits per heavy atom. The topological polar surface area (TPSA) is 62.7 Å². The number of rotatable bonds is 4. The zero-order valence-corrected chi connectivity index (χ0v) is 13.4. The van der Waals surface area contributed by atoms with Crippen LogP contribution >= 0.6 is 11.3 Å². The maximum Gasteiger partial charge on any atom is 0.347 e. The Kier molecular flexibility index (Phi) is 4.17. The van der Waals surface area contributed by atoms with E-state index in [4.69, 9.17) is 9.72 Å². The van der Waals surface area contributed by atoms with Crippen LogP contribution in [0.4, 0.5) is 5.13 Å². The molecule has 0 radical (unpaired) electrons. The second kappa shape index (κ2) is 5.93. The zero-order chi connectivity index (χ0) is 15.0. The lowest BCUT2D eigenvalue weighted by atomic mass is 10.0. The van der Waals surface area contributed by atoms with Gasteiger partial charge in [-0.3, -0.25) is 0 Å². The summed E-state index contributed by atoms with van der Waals surface area (Å²) in [6, 6.07) is 0.372. The van der Waals surface area contributed by atoms with Crippen LogP contribution in [0.15, 0.2) is 0 Å². The van der Waals surface area contributed by atoms with Crippen LogP contribution in [0.25, 0.3) is 0 Å². The molecule has 3 unspecified atom stereocenters. The lowest BCUT2D eigenvalue weighted by Crippen LogP contribution is -2.48. The quantitative estimate of drug-likeness (QED) is 0.926. The molecule has 21 heavy (non-hydrogen) atoms. The van der Waals surface area contributed by atoms with Crippen LogP contribution in [-0.4, -0.2) is 41.4 Å². The zero-order valence-electron chi connectivity index (χ0n) is 12.5. The highest BCUT2D eigenvalue weighted by Crippen LogP contribution is 2.38. The first-order valence-corrected chi connectivity index (χ1v) is 8.55. The number of ether oxygens (including phenoxy) is 1. The molecule has 1 saturated heterocycles. The minimum atomic E-state index is -0.856. The number of carbonyl (C=O) groups is 1.